The number of aromatic amines is 1. The largest absolute Gasteiger partial charge is 0.394 e. The van der Waals surface area contributed by atoms with Gasteiger partial charge in [-0.2, -0.15) is 0 Å². The van der Waals surface area contributed by atoms with Crippen LogP contribution >= 0.6 is 0 Å². The highest BCUT2D eigenvalue weighted by Crippen LogP contribution is 2.33. The Labute approximate surface area is 82.6 Å². The molecule has 0 radical (unpaired) electrons. The number of nitrogens with zero attached hydrogens (tertiary/aromatic N) is 2. The lowest BCUT2D eigenvalue weighted by molar-refractivity contribution is 0.0857. The normalized spacial score (nSPS) is 25.7. The van der Waals surface area contributed by atoms with E-state index in [0.29, 0.717) is 0 Å². The van der Waals surface area contributed by atoms with Crippen LogP contribution in [0.25, 0.3) is 0 Å². The van der Waals surface area contributed by atoms with Crippen LogP contribution < -0.4 is 5.48 Å². The Balaban J connectivity index is 2.47. The third kappa shape index (κ3) is 1.13. The number of aryl methyl sites for hydroxylation is 1. The van der Waals surface area contributed by atoms with E-state index < -0.39 is 5.66 Å². The van der Waals surface area contributed by atoms with Gasteiger partial charge in [0.15, 0.2) is 12.1 Å². The first-order valence-corrected chi connectivity index (χ1v) is 4.64. The summed E-state index contributed by atoms with van der Waals surface area (Å²) in [7, 11) is 0. The second kappa shape index (κ2) is 3.09. The number of aromatic nitrogens is 2. The SMILES string of the molecule is Cc1[nH]cnc1C1(C(C)C)N=CON1. The van der Waals surface area contributed by atoms with Crippen molar-refractivity contribution in [1.82, 2.24) is 15.4 Å². The van der Waals surface area contributed by atoms with Crippen molar-refractivity contribution in [3.63, 3.8) is 0 Å². The molecule has 0 bridgehead atoms. The smallest absolute Gasteiger partial charge is 0.198 e. The minimum absolute atomic E-state index is 0.267. The van der Waals surface area contributed by atoms with E-state index in [-0.39, 0.29) is 5.92 Å². The van der Waals surface area contributed by atoms with Gasteiger partial charge in [-0.15, -0.1) is 5.48 Å². The van der Waals surface area contributed by atoms with Crippen molar-refractivity contribution >= 4 is 6.40 Å². The number of nitrogens with one attached hydrogen (secondary N) is 2. The fourth-order valence-corrected chi connectivity index (χ4v) is 1.64. The monoisotopic (exact) mass is 194 g/mol. The zero-order valence-corrected chi connectivity index (χ0v) is 8.53. The molecule has 0 amide bonds. The molecule has 1 aromatic rings. The standard InChI is InChI=1S/C9H14N4O/c1-6(2)9(12-5-14-13-9)8-7(3)10-4-11-8/h4-6,13H,1-3H3,(H,10,11). The van der Waals surface area contributed by atoms with Gasteiger partial charge >= 0.3 is 0 Å². The summed E-state index contributed by atoms with van der Waals surface area (Å²) >= 11 is 0. The van der Waals surface area contributed by atoms with Crippen LogP contribution in [0.4, 0.5) is 0 Å². The summed E-state index contributed by atoms with van der Waals surface area (Å²) in [6, 6.07) is 0. The van der Waals surface area contributed by atoms with Crippen LogP contribution in [-0.4, -0.2) is 16.4 Å². The quantitative estimate of drug-likeness (QED) is 0.740. The van der Waals surface area contributed by atoms with Crippen LogP contribution in [0.3, 0.4) is 0 Å². The zero-order chi connectivity index (χ0) is 10.2. The third-order valence-electron chi connectivity index (χ3n) is 2.55. The van der Waals surface area contributed by atoms with Gasteiger partial charge in [-0.3, -0.25) is 0 Å². The summed E-state index contributed by atoms with van der Waals surface area (Å²) in [6.07, 6.45) is 3.10. The van der Waals surface area contributed by atoms with Crippen molar-refractivity contribution < 1.29 is 4.84 Å². The van der Waals surface area contributed by atoms with Crippen molar-refractivity contribution in [2.75, 3.05) is 0 Å². The second-order valence-corrected chi connectivity index (χ2v) is 3.75. The molecule has 14 heavy (non-hydrogen) atoms. The lowest BCUT2D eigenvalue weighted by Crippen LogP contribution is -2.41. The van der Waals surface area contributed by atoms with E-state index in [1.54, 1.807) is 6.33 Å². The maximum absolute atomic E-state index is 5.00. The molecule has 5 nitrogen and oxygen atoms in total. The molecule has 0 spiro atoms. The lowest BCUT2D eigenvalue weighted by atomic mass is 9.93. The van der Waals surface area contributed by atoms with Gasteiger partial charge in [-0.25, -0.2) is 9.98 Å². The van der Waals surface area contributed by atoms with Gasteiger partial charge in [-0.1, -0.05) is 13.8 Å². The Morgan fingerprint density at radius 3 is 2.71 bits per heavy atom. The summed E-state index contributed by atoms with van der Waals surface area (Å²) in [4.78, 5) is 16.7. The van der Waals surface area contributed by atoms with E-state index >= 15 is 0 Å². The molecule has 76 valence electrons. The average Bonchev–Trinajstić information content (AvgIpc) is 2.72. The van der Waals surface area contributed by atoms with E-state index in [0.717, 1.165) is 11.4 Å². The summed E-state index contributed by atoms with van der Waals surface area (Å²) in [6.45, 7) is 6.13. The Kier molecular flexibility index (Phi) is 2.03. The van der Waals surface area contributed by atoms with Gasteiger partial charge in [0.2, 0.25) is 0 Å². The second-order valence-electron chi connectivity index (χ2n) is 3.75. The molecule has 1 atom stereocenters. The average molecular weight is 194 g/mol. The number of imidazole rings is 1. The van der Waals surface area contributed by atoms with Crippen molar-refractivity contribution in [3.05, 3.63) is 17.7 Å². The number of rotatable bonds is 2. The molecule has 0 saturated carbocycles. The molecule has 0 saturated heterocycles. The van der Waals surface area contributed by atoms with Crippen LogP contribution in [0.2, 0.25) is 0 Å². The molecule has 1 aromatic heterocycles. The molecule has 2 rings (SSSR count). The first-order valence-electron chi connectivity index (χ1n) is 4.64. The van der Waals surface area contributed by atoms with E-state index in [1.165, 1.54) is 6.40 Å². The predicted molar refractivity (Wildman–Crippen MR) is 52.6 cm³/mol. The van der Waals surface area contributed by atoms with Crippen molar-refractivity contribution in [1.29, 1.82) is 0 Å². The van der Waals surface area contributed by atoms with Crippen molar-refractivity contribution in [3.8, 4) is 0 Å². The first-order chi connectivity index (χ1) is 6.67. The molecule has 5 heteroatoms. The van der Waals surface area contributed by atoms with E-state index in [9.17, 15) is 0 Å². The van der Waals surface area contributed by atoms with Crippen LogP contribution in [-0.2, 0) is 10.5 Å². The molecule has 2 N–H and O–H groups in total. The summed E-state index contributed by atoms with van der Waals surface area (Å²) in [5.74, 6) is 0.267. The highest BCUT2D eigenvalue weighted by Gasteiger charge is 2.41. The molecular weight excluding hydrogens is 180 g/mol. The van der Waals surface area contributed by atoms with Gasteiger partial charge < -0.3 is 9.82 Å². The topological polar surface area (TPSA) is 62.3 Å². The first kappa shape index (κ1) is 9.21. The molecule has 1 aliphatic heterocycles. The van der Waals surface area contributed by atoms with Crippen molar-refractivity contribution in [2.45, 2.75) is 26.4 Å². The molecule has 2 heterocycles. The number of hydrogen-bond donors (Lipinski definition) is 2. The minimum atomic E-state index is -0.538. The summed E-state index contributed by atoms with van der Waals surface area (Å²) in [5, 5.41) is 0. The predicted octanol–water partition coefficient (Wildman–Crippen LogP) is 1.09. The number of H-pyrrole nitrogens is 1. The van der Waals surface area contributed by atoms with E-state index in [4.69, 9.17) is 4.84 Å². The Hall–Kier alpha value is -1.36. The molecule has 0 aromatic carbocycles. The van der Waals surface area contributed by atoms with E-state index in [2.05, 4.69) is 34.3 Å². The molecular formula is C9H14N4O. The van der Waals surface area contributed by atoms with Crippen LogP contribution in [0.1, 0.15) is 25.2 Å². The van der Waals surface area contributed by atoms with Gasteiger partial charge in [0.05, 0.1) is 6.33 Å². The number of hydrogen-bond acceptors (Lipinski definition) is 4. The van der Waals surface area contributed by atoms with E-state index in [1.807, 2.05) is 6.92 Å². The molecule has 0 fully saturated rings. The summed E-state index contributed by atoms with van der Waals surface area (Å²) < 4.78 is 0. The Morgan fingerprint density at radius 2 is 2.29 bits per heavy atom. The van der Waals surface area contributed by atoms with Gasteiger partial charge in [0.25, 0.3) is 0 Å². The highest BCUT2D eigenvalue weighted by atomic mass is 16.7. The highest BCUT2D eigenvalue weighted by molar-refractivity contribution is 5.50. The summed E-state index contributed by atoms with van der Waals surface area (Å²) in [5.41, 5.74) is 4.27. The minimum Gasteiger partial charge on any atom is -0.394 e. The molecule has 0 aliphatic carbocycles. The fraction of sp³-hybridized carbons (Fsp3) is 0.556. The number of hydroxylamine groups is 1. The van der Waals surface area contributed by atoms with Crippen LogP contribution in [0.5, 0.6) is 0 Å². The van der Waals surface area contributed by atoms with Gasteiger partial charge in [0, 0.05) is 11.6 Å². The van der Waals surface area contributed by atoms with Crippen molar-refractivity contribution in [2.24, 2.45) is 10.9 Å². The van der Waals surface area contributed by atoms with Gasteiger partial charge in [-0.05, 0) is 6.92 Å². The fourth-order valence-electron chi connectivity index (χ4n) is 1.64. The number of aliphatic imine (C=N–C) groups is 1. The van der Waals surface area contributed by atoms with Crippen LogP contribution in [0.15, 0.2) is 11.3 Å². The van der Waals surface area contributed by atoms with Gasteiger partial charge in [0.1, 0.15) is 5.69 Å². The molecule has 1 unspecified atom stereocenters. The molecule has 1 aliphatic rings. The van der Waals surface area contributed by atoms with Crippen LogP contribution in [0, 0.1) is 12.8 Å². The maximum Gasteiger partial charge on any atom is 0.198 e. The lowest BCUT2D eigenvalue weighted by Gasteiger charge is -2.27. The third-order valence-corrected chi connectivity index (χ3v) is 2.55. The maximum atomic E-state index is 5.00. The zero-order valence-electron chi connectivity index (χ0n) is 8.53. The Morgan fingerprint density at radius 1 is 1.50 bits per heavy atom. The Bertz CT molecular complexity index is 357.